The van der Waals surface area contributed by atoms with E-state index in [1.165, 1.54) is 28.8 Å². The van der Waals surface area contributed by atoms with E-state index in [4.69, 9.17) is 16.7 Å². The molecule has 4 rings (SSSR count). The van der Waals surface area contributed by atoms with Gasteiger partial charge >= 0.3 is 0 Å². The van der Waals surface area contributed by atoms with E-state index in [0.717, 1.165) is 16.8 Å². The highest BCUT2D eigenvalue weighted by atomic mass is 35.5. The molecular weight excluding hydrogens is 525 g/mol. The van der Waals surface area contributed by atoms with Crippen molar-refractivity contribution in [2.45, 2.75) is 31.4 Å². The van der Waals surface area contributed by atoms with E-state index in [1.54, 1.807) is 16.8 Å². The Kier molecular flexibility index (Phi) is 8.49. The number of likely N-dealkylation sites (N-methyl/N-ethyl adjacent to an activating group) is 1. The van der Waals surface area contributed by atoms with E-state index >= 15 is 0 Å². The Morgan fingerprint density at radius 2 is 1.92 bits per heavy atom. The van der Waals surface area contributed by atoms with Crippen LogP contribution in [0.4, 0.5) is 10.2 Å². The molecule has 0 saturated heterocycles. The summed E-state index contributed by atoms with van der Waals surface area (Å²) in [6, 6.07) is 13.6. The lowest BCUT2D eigenvalue weighted by atomic mass is 9.87. The number of fused-ring (bicyclic) bond motifs is 1. The van der Waals surface area contributed by atoms with Crippen LogP contribution in [0.5, 0.6) is 0 Å². The molecule has 0 spiro atoms. The third-order valence-corrected chi connectivity index (χ3v) is 7.69. The minimum absolute atomic E-state index is 0.154. The quantitative estimate of drug-likeness (QED) is 0.451. The number of halogens is 2. The highest BCUT2D eigenvalue weighted by Crippen LogP contribution is 2.48. The van der Waals surface area contributed by atoms with Gasteiger partial charge in [0.05, 0.1) is 22.4 Å². The molecule has 38 heavy (non-hydrogen) atoms. The second-order valence-corrected chi connectivity index (χ2v) is 12.1. The van der Waals surface area contributed by atoms with E-state index in [9.17, 15) is 14.0 Å². The van der Waals surface area contributed by atoms with Crippen LogP contribution in [0.15, 0.2) is 48.5 Å². The molecule has 2 amide bonds. The number of carbonyl (C=O) groups excluding carboxylic acids is 2. The lowest BCUT2D eigenvalue weighted by Crippen LogP contribution is -2.43. The van der Waals surface area contributed by atoms with Gasteiger partial charge in [0.2, 0.25) is 11.8 Å². The van der Waals surface area contributed by atoms with Gasteiger partial charge in [-0.2, -0.15) is 5.10 Å². The molecule has 2 heterocycles. The van der Waals surface area contributed by atoms with Gasteiger partial charge in [-0.3, -0.25) is 14.5 Å². The molecule has 0 saturated carbocycles. The summed E-state index contributed by atoms with van der Waals surface area (Å²) in [5.74, 6) is -0.147. The number of benzene rings is 2. The zero-order chi connectivity index (χ0) is 27.6. The molecular formula is C28H33ClFN5O2S. The predicted molar refractivity (Wildman–Crippen MR) is 152 cm³/mol. The zero-order valence-corrected chi connectivity index (χ0v) is 23.9. The Labute approximate surface area is 232 Å². The molecule has 3 aromatic rings. The van der Waals surface area contributed by atoms with Crippen LogP contribution < -0.4 is 10.2 Å². The number of thioether (sulfide) groups is 1. The van der Waals surface area contributed by atoms with E-state index in [1.807, 2.05) is 43.3 Å². The molecule has 1 atom stereocenters. The van der Waals surface area contributed by atoms with Gasteiger partial charge < -0.3 is 10.2 Å². The van der Waals surface area contributed by atoms with Crippen molar-refractivity contribution in [1.82, 2.24) is 20.0 Å². The number of hydrogen-bond donors (Lipinski definition) is 1. The number of anilines is 1. The molecule has 0 radical (unpaired) electrons. The second kappa shape index (κ2) is 11.5. The van der Waals surface area contributed by atoms with Crippen LogP contribution in [0.2, 0.25) is 5.02 Å². The number of amides is 2. The van der Waals surface area contributed by atoms with Crippen LogP contribution in [0.3, 0.4) is 0 Å². The second-order valence-electron chi connectivity index (χ2n) is 10.6. The summed E-state index contributed by atoms with van der Waals surface area (Å²) in [5.41, 5.74) is 2.79. The molecule has 0 unspecified atom stereocenters. The van der Waals surface area contributed by atoms with E-state index in [0.29, 0.717) is 29.6 Å². The average molecular weight is 558 g/mol. The van der Waals surface area contributed by atoms with Crippen LogP contribution in [-0.4, -0.2) is 66.0 Å². The van der Waals surface area contributed by atoms with Crippen molar-refractivity contribution < 1.29 is 14.0 Å². The van der Waals surface area contributed by atoms with Crippen molar-refractivity contribution in [1.29, 1.82) is 0 Å². The minimum atomic E-state index is -0.389. The number of aromatic nitrogens is 2. The smallest absolute Gasteiger partial charge is 0.240 e. The summed E-state index contributed by atoms with van der Waals surface area (Å²) in [5, 5.41) is 8.25. The minimum Gasteiger partial charge on any atom is -0.353 e. The van der Waals surface area contributed by atoms with E-state index in [2.05, 4.69) is 26.1 Å². The number of nitrogens with zero attached hydrogens (tertiary/aromatic N) is 4. The lowest BCUT2D eigenvalue weighted by molar-refractivity contribution is -0.122. The predicted octanol–water partition coefficient (Wildman–Crippen LogP) is 4.81. The number of carbonyl (C=O) groups is 2. The van der Waals surface area contributed by atoms with Crippen LogP contribution in [0, 0.1) is 5.82 Å². The van der Waals surface area contributed by atoms with Crippen LogP contribution in [0.25, 0.3) is 5.69 Å². The first-order chi connectivity index (χ1) is 18.0. The molecule has 10 heteroatoms. The standard InChI is InChI=1S/C28H33ClFN5O2S/c1-28(2,3)26-24-25(18-7-6-8-19(29)15-18)38-17-23(37)34(16-22(36)31-13-14-33(4)5)27(24)35(32-26)21-11-9-20(30)10-12-21/h6-12,15,25H,13-14,16-17H2,1-5H3,(H,31,36)/t25-/m1/s1. The maximum absolute atomic E-state index is 13.8. The maximum atomic E-state index is 13.8. The molecule has 1 N–H and O–H groups in total. The van der Waals surface area contributed by atoms with Crippen molar-refractivity contribution in [2.24, 2.45) is 0 Å². The topological polar surface area (TPSA) is 70.5 Å². The lowest BCUT2D eigenvalue weighted by Gasteiger charge is -2.24. The van der Waals surface area contributed by atoms with Gasteiger partial charge in [0.25, 0.3) is 0 Å². The Hall–Kier alpha value is -2.88. The van der Waals surface area contributed by atoms with Crippen molar-refractivity contribution in [3.05, 3.63) is 76.2 Å². The Bertz CT molecular complexity index is 1320. The molecule has 7 nitrogen and oxygen atoms in total. The Morgan fingerprint density at radius 1 is 1.21 bits per heavy atom. The molecule has 0 fully saturated rings. The molecule has 2 aromatic carbocycles. The summed E-state index contributed by atoms with van der Waals surface area (Å²) in [6.07, 6.45) is 0. The third-order valence-electron chi connectivity index (χ3n) is 6.20. The highest BCUT2D eigenvalue weighted by Gasteiger charge is 2.40. The first-order valence-electron chi connectivity index (χ1n) is 12.4. The molecule has 202 valence electrons. The van der Waals surface area contributed by atoms with Crippen molar-refractivity contribution in [3.63, 3.8) is 0 Å². The van der Waals surface area contributed by atoms with Gasteiger partial charge in [-0.1, -0.05) is 44.5 Å². The fourth-order valence-electron chi connectivity index (χ4n) is 4.39. The van der Waals surface area contributed by atoms with Gasteiger partial charge in [0, 0.05) is 29.1 Å². The van der Waals surface area contributed by atoms with E-state index in [-0.39, 0.29) is 40.6 Å². The monoisotopic (exact) mass is 557 g/mol. The van der Waals surface area contributed by atoms with Crippen LogP contribution >= 0.6 is 23.4 Å². The number of nitrogens with one attached hydrogen (secondary N) is 1. The Balaban J connectivity index is 1.92. The third kappa shape index (κ3) is 6.22. The Morgan fingerprint density at radius 3 is 2.55 bits per heavy atom. The zero-order valence-electron chi connectivity index (χ0n) is 22.3. The normalized spacial score (nSPS) is 15.9. The first kappa shape index (κ1) is 28.1. The molecule has 1 aromatic heterocycles. The fraction of sp³-hybridized carbons (Fsp3) is 0.393. The van der Waals surface area contributed by atoms with Gasteiger partial charge in [0.15, 0.2) is 0 Å². The number of rotatable bonds is 7. The van der Waals surface area contributed by atoms with Crippen molar-refractivity contribution in [2.75, 3.05) is 44.4 Å². The van der Waals surface area contributed by atoms with Gasteiger partial charge in [0.1, 0.15) is 18.2 Å². The fourth-order valence-corrected chi connectivity index (χ4v) is 5.77. The molecule has 0 aliphatic carbocycles. The van der Waals surface area contributed by atoms with E-state index < -0.39 is 0 Å². The van der Waals surface area contributed by atoms with Crippen molar-refractivity contribution in [3.8, 4) is 5.69 Å². The van der Waals surface area contributed by atoms with Gasteiger partial charge in [-0.15, -0.1) is 11.8 Å². The number of hydrogen-bond acceptors (Lipinski definition) is 5. The summed E-state index contributed by atoms with van der Waals surface area (Å²) in [7, 11) is 3.86. The summed E-state index contributed by atoms with van der Waals surface area (Å²) in [6.45, 7) is 7.18. The molecule has 0 bridgehead atoms. The summed E-state index contributed by atoms with van der Waals surface area (Å²) >= 11 is 7.86. The maximum Gasteiger partial charge on any atom is 0.240 e. The van der Waals surface area contributed by atoms with Crippen LogP contribution in [-0.2, 0) is 15.0 Å². The average Bonchev–Trinajstić information content (AvgIpc) is 3.17. The van der Waals surface area contributed by atoms with Crippen LogP contribution in [0.1, 0.15) is 42.8 Å². The molecule has 1 aliphatic heterocycles. The van der Waals surface area contributed by atoms with Crippen molar-refractivity contribution >= 4 is 41.0 Å². The van der Waals surface area contributed by atoms with Gasteiger partial charge in [-0.05, 0) is 56.1 Å². The first-order valence-corrected chi connectivity index (χ1v) is 13.9. The SMILES string of the molecule is CN(C)CCNC(=O)CN1C(=O)CS[C@H](c2cccc(Cl)c2)c2c(C(C)(C)C)nn(-c3ccc(F)cc3)c21. The molecule has 1 aliphatic rings. The largest absolute Gasteiger partial charge is 0.353 e. The summed E-state index contributed by atoms with van der Waals surface area (Å²) < 4.78 is 15.5. The van der Waals surface area contributed by atoms with Gasteiger partial charge in [-0.25, -0.2) is 9.07 Å². The highest BCUT2D eigenvalue weighted by molar-refractivity contribution is 8.00. The summed E-state index contributed by atoms with van der Waals surface area (Å²) in [4.78, 5) is 30.1.